The summed E-state index contributed by atoms with van der Waals surface area (Å²) in [6.07, 6.45) is 7.22. The van der Waals surface area contributed by atoms with Gasteiger partial charge in [0.25, 0.3) is 11.8 Å². The topological polar surface area (TPSA) is 125 Å². The average Bonchev–Trinajstić information content (AvgIpc) is 2.85. The van der Waals surface area contributed by atoms with E-state index in [1.807, 2.05) is 6.07 Å². The van der Waals surface area contributed by atoms with Crippen molar-refractivity contribution in [1.29, 1.82) is 0 Å². The van der Waals surface area contributed by atoms with Crippen LogP contribution in [0.1, 0.15) is 53.0 Å². The maximum absolute atomic E-state index is 12.8. The van der Waals surface area contributed by atoms with E-state index < -0.39 is 0 Å². The lowest BCUT2D eigenvalue weighted by atomic mass is 10.1. The number of aromatic nitrogens is 2. The van der Waals surface area contributed by atoms with Crippen LogP contribution in [0.4, 0.5) is 5.82 Å². The number of nitrogen functional groups attached to an aromatic ring is 1. The van der Waals surface area contributed by atoms with Crippen molar-refractivity contribution in [3.63, 3.8) is 0 Å². The van der Waals surface area contributed by atoms with Gasteiger partial charge in [0.1, 0.15) is 0 Å². The summed E-state index contributed by atoms with van der Waals surface area (Å²) in [5.41, 5.74) is 7.81. The zero-order chi connectivity index (χ0) is 23.0. The molecular formula is C24H33N7O2. The largest absolute Gasteiger partial charge is 0.382 e. The summed E-state index contributed by atoms with van der Waals surface area (Å²) in [6.45, 7) is 5.39. The molecule has 3 heterocycles. The van der Waals surface area contributed by atoms with Crippen molar-refractivity contribution in [3.05, 3.63) is 41.7 Å². The second-order valence-electron chi connectivity index (χ2n) is 8.74. The standard InChI is InChI=1S/C24H33N7O2/c25-22-21(24(33)29-19-8-5-9-26-15-19)30-20(16-28-22)17-6-4-7-18(14-17)23(32)27-10-13-31-11-2-1-3-12-31/h4,6-7,14,16,19,26H,1-3,5,8-13,15H2,(H2,25,28)(H,27,32)(H,29,33). The van der Waals surface area contributed by atoms with Crippen LogP contribution in [-0.4, -0.2) is 72.0 Å². The third kappa shape index (κ3) is 6.27. The number of carbonyl (C=O) groups excluding carboxylic acids is 2. The Morgan fingerprint density at radius 3 is 2.79 bits per heavy atom. The van der Waals surface area contributed by atoms with Gasteiger partial charge in [0, 0.05) is 36.8 Å². The van der Waals surface area contributed by atoms with Crippen LogP contribution < -0.4 is 21.7 Å². The number of benzene rings is 1. The van der Waals surface area contributed by atoms with Crippen molar-refractivity contribution in [3.8, 4) is 11.3 Å². The van der Waals surface area contributed by atoms with Gasteiger partial charge in [-0.15, -0.1) is 0 Å². The molecular weight excluding hydrogens is 418 g/mol. The summed E-state index contributed by atoms with van der Waals surface area (Å²) in [4.78, 5) is 36.5. The van der Waals surface area contributed by atoms with E-state index in [0.717, 1.165) is 45.6 Å². The number of hydrogen-bond acceptors (Lipinski definition) is 7. The summed E-state index contributed by atoms with van der Waals surface area (Å²) in [5.74, 6) is -0.367. The van der Waals surface area contributed by atoms with Gasteiger partial charge in [-0.25, -0.2) is 9.97 Å². The van der Waals surface area contributed by atoms with Gasteiger partial charge in [-0.05, 0) is 57.5 Å². The molecule has 33 heavy (non-hydrogen) atoms. The Morgan fingerprint density at radius 1 is 1.15 bits per heavy atom. The Kier molecular flexibility index (Phi) is 7.85. The molecule has 2 fully saturated rings. The van der Waals surface area contributed by atoms with Gasteiger partial charge in [0.2, 0.25) is 0 Å². The monoisotopic (exact) mass is 451 g/mol. The molecule has 0 radical (unpaired) electrons. The molecule has 0 spiro atoms. The zero-order valence-corrected chi connectivity index (χ0v) is 19.0. The molecule has 9 heteroatoms. The highest BCUT2D eigenvalue weighted by atomic mass is 16.2. The third-order valence-corrected chi connectivity index (χ3v) is 6.23. The second-order valence-corrected chi connectivity index (χ2v) is 8.74. The molecule has 2 saturated heterocycles. The molecule has 5 N–H and O–H groups in total. The van der Waals surface area contributed by atoms with E-state index in [0.29, 0.717) is 23.4 Å². The molecule has 0 bridgehead atoms. The van der Waals surface area contributed by atoms with Crippen molar-refractivity contribution in [2.24, 2.45) is 0 Å². The average molecular weight is 452 g/mol. The summed E-state index contributed by atoms with van der Waals surface area (Å²) in [5, 5.41) is 9.26. The van der Waals surface area contributed by atoms with Crippen molar-refractivity contribution >= 4 is 17.6 Å². The minimum atomic E-state index is -0.331. The Labute approximate surface area is 194 Å². The maximum Gasteiger partial charge on any atom is 0.274 e. The second kappa shape index (κ2) is 11.2. The lowest BCUT2D eigenvalue weighted by molar-refractivity contribution is 0.0923. The summed E-state index contributed by atoms with van der Waals surface area (Å²) < 4.78 is 0. The highest BCUT2D eigenvalue weighted by Crippen LogP contribution is 2.20. The smallest absolute Gasteiger partial charge is 0.274 e. The Morgan fingerprint density at radius 2 is 2.00 bits per heavy atom. The van der Waals surface area contributed by atoms with Crippen LogP contribution in [0.3, 0.4) is 0 Å². The first-order valence-electron chi connectivity index (χ1n) is 11.9. The number of anilines is 1. The van der Waals surface area contributed by atoms with Crippen molar-refractivity contribution in [1.82, 2.24) is 30.8 Å². The van der Waals surface area contributed by atoms with Crippen LogP contribution >= 0.6 is 0 Å². The van der Waals surface area contributed by atoms with E-state index in [1.165, 1.54) is 25.5 Å². The van der Waals surface area contributed by atoms with Gasteiger partial charge in [0.05, 0.1) is 11.9 Å². The first-order valence-corrected chi connectivity index (χ1v) is 11.9. The first-order chi connectivity index (χ1) is 16.1. The molecule has 1 aromatic heterocycles. The fourth-order valence-corrected chi connectivity index (χ4v) is 4.37. The number of carbonyl (C=O) groups is 2. The van der Waals surface area contributed by atoms with Crippen LogP contribution in [0.5, 0.6) is 0 Å². The highest BCUT2D eigenvalue weighted by molar-refractivity contribution is 5.97. The number of nitrogens with two attached hydrogens (primary N) is 1. The quantitative estimate of drug-likeness (QED) is 0.502. The van der Waals surface area contributed by atoms with Crippen molar-refractivity contribution in [2.75, 3.05) is 45.0 Å². The molecule has 1 aromatic carbocycles. The Hall–Kier alpha value is -3.04. The molecule has 2 amide bonds. The molecule has 0 saturated carbocycles. The van der Waals surface area contributed by atoms with E-state index in [-0.39, 0.29) is 29.4 Å². The number of nitrogens with zero attached hydrogens (tertiary/aromatic N) is 3. The molecule has 2 aliphatic rings. The normalized spacial score (nSPS) is 19.1. The van der Waals surface area contributed by atoms with Crippen LogP contribution in [0.25, 0.3) is 11.3 Å². The fraction of sp³-hybridized carbons (Fsp3) is 0.500. The maximum atomic E-state index is 12.8. The lowest BCUT2D eigenvalue weighted by Gasteiger charge is -2.26. The van der Waals surface area contributed by atoms with Gasteiger partial charge in [-0.1, -0.05) is 18.6 Å². The molecule has 1 atom stereocenters. The number of rotatable bonds is 7. The van der Waals surface area contributed by atoms with E-state index in [2.05, 4.69) is 30.8 Å². The van der Waals surface area contributed by atoms with E-state index in [4.69, 9.17) is 5.73 Å². The number of likely N-dealkylation sites (tertiary alicyclic amines) is 1. The van der Waals surface area contributed by atoms with Crippen LogP contribution in [0.15, 0.2) is 30.5 Å². The van der Waals surface area contributed by atoms with Gasteiger partial charge < -0.3 is 26.6 Å². The Bertz CT molecular complexity index is 969. The third-order valence-electron chi connectivity index (χ3n) is 6.23. The van der Waals surface area contributed by atoms with Crippen LogP contribution in [0, 0.1) is 0 Å². The predicted molar refractivity (Wildman–Crippen MR) is 128 cm³/mol. The number of hydrogen-bond donors (Lipinski definition) is 4. The van der Waals surface area contributed by atoms with Crippen molar-refractivity contribution < 1.29 is 9.59 Å². The van der Waals surface area contributed by atoms with Crippen molar-refractivity contribution in [2.45, 2.75) is 38.1 Å². The van der Waals surface area contributed by atoms with Gasteiger partial charge in [0.15, 0.2) is 11.5 Å². The summed E-state index contributed by atoms with van der Waals surface area (Å²) >= 11 is 0. The zero-order valence-electron chi connectivity index (χ0n) is 19.0. The Balaban J connectivity index is 1.41. The summed E-state index contributed by atoms with van der Waals surface area (Å²) in [6, 6.07) is 7.24. The van der Waals surface area contributed by atoms with Gasteiger partial charge in [-0.2, -0.15) is 0 Å². The molecule has 9 nitrogen and oxygen atoms in total. The minimum absolute atomic E-state index is 0.0491. The van der Waals surface area contributed by atoms with Gasteiger partial charge in [-0.3, -0.25) is 9.59 Å². The number of amides is 2. The van der Waals surface area contributed by atoms with E-state index >= 15 is 0 Å². The SMILES string of the molecule is Nc1ncc(-c2cccc(C(=O)NCCN3CCCCC3)c2)nc1C(=O)NC1CCCNC1. The minimum Gasteiger partial charge on any atom is -0.382 e. The van der Waals surface area contributed by atoms with Crippen LogP contribution in [0.2, 0.25) is 0 Å². The molecule has 0 aliphatic carbocycles. The molecule has 2 aromatic rings. The van der Waals surface area contributed by atoms with E-state index in [1.54, 1.807) is 18.2 Å². The van der Waals surface area contributed by atoms with E-state index in [9.17, 15) is 9.59 Å². The molecule has 4 rings (SSSR count). The lowest BCUT2D eigenvalue weighted by Crippen LogP contribution is -2.46. The first kappa shape index (κ1) is 23.1. The summed E-state index contributed by atoms with van der Waals surface area (Å²) in [7, 11) is 0. The predicted octanol–water partition coefficient (Wildman–Crippen LogP) is 1.42. The highest BCUT2D eigenvalue weighted by Gasteiger charge is 2.20. The molecule has 2 aliphatic heterocycles. The molecule has 176 valence electrons. The fourth-order valence-electron chi connectivity index (χ4n) is 4.37. The number of piperidine rings is 2. The van der Waals surface area contributed by atoms with Crippen LogP contribution in [-0.2, 0) is 0 Å². The number of nitrogens with one attached hydrogen (secondary N) is 3. The van der Waals surface area contributed by atoms with Gasteiger partial charge >= 0.3 is 0 Å². The molecule has 1 unspecified atom stereocenters.